The maximum Gasteiger partial charge on any atom is 0.244 e. The second-order valence-electron chi connectivity index (χ2n) is 5.57. The lowest BCUT2D eigenvalue weighted by atomic mass is 10.1. The summed E-state index contributed by atoms with van der Waals surface area (Å²) in [5.74, 6) is 1.88. The van der Waals surface area contributed by atoms with Crippen molar-refractivity contribution >= 4 is 35.1 Å². The van der Waals surface area contributed by atoms with Crippen molar-refractivity contribution in [3.63, 3.8) is 0 Å². The van der Waals surface area contributed by atoms with Crippen molar-refractivity contribution in [2.75, 3.05) is 41.5 Å². The molecule has 0 spiro atoms. The van der Waals surface area contributed by atoms with Gasteiger partial charge in [-0.25, -0.2) is 4.98 Å². The van der Waals surface area contributed by atoms with Gasteiger partial charge in [-0.3, -0.25) is 9.59 Å². The molecular weight excluding hydrogens is 300 g/mol. The van der Waals surface area contributed by atoms with Crippen molar-refractivity contribution in [3.05, 3.63) is 18.3 Å². The predicted octanol–water partition coefficient (Wildman–Crippen LogP) is 1.54. The molecule has 2 fully saturated rings. The first-order chi connectivity index (χ1) is 10.7. The van der Waals surface area contributed by atoms with Gasteiger partial charge in [-0.1, -0.05) is 0 Å². The minimum atomic E-state index is -0.177. The zero-order valence-corrected chi connectivity index (χ0v) is 13.3. The molecule has 6 nitrogen and oxygen atoms in total. The van der Waals surface area contributed by atoms with E-state index in [0.29, 0.717) is 17.3 Å². The number of piperidine rings is 1. The summed E-state index contributed by atoms with van der Waals surface area (Å²) in [6, 6.07) is 3.81. The zero-order chi connectivity index (χ0) is 15.4. The van der Waals surface area contributed by atoms with E-state index in [9.17, 15) is 9.59 Å². The fourth-order valence-corrected chi connectivity index (χ4v) is 3.59. The molecule has 22 heavy (non-hydrogen) atoms. The third-order valence-electron chi connectivity index (χ3n) is 3.87. The van der Waals surface area contributed by atoms with Crippen LogP contribution in [-0.4, -0.2) is 53.0 Å². The molecule has 2 amide bonds. The highest BCUT2D eigenvalue weighted by Gasteiger charge is 2.22. The van der Waals surface area contributed by atoms with E-state index in [1.165, 1.54) is 31.0 Å². The van der Waals surface area contributed by atoms with Gasteiger partial charge >= 0.3 is 0 Å². The zero-order valence-electron chi connectivity index (χ0n) is 12.5. The number of hydrogen-bond donors (Lipinski definition) is 1. The van der Waals surface area contributed by atoms with Crippen molar-refractivity contribution in [1.82, 2.24) is 9.88 Å². The highest BCUT2D eigenvalue weighted by molar-refractivity contribution is 8.00. The second-order valence-corrected chi connectivity index (χ2v) is 6.53. The quantitative estimate of drug-likeness (QED) is 0.912. The number of thioether (sulfide) groups is 1. The lowest BCUT2D eigenvalue weighted by Gasteiger charge is -2.27. The Bertz CT molecular complexity index is 543. The fraction of sp³-hybridized carbons (Fsp3) is 0.533. The molecule has 0 unspecified atom stereocenters. The monoisotopic (exact) mass is 320 g/mol. The molecule has 0 bridgehead atoms. The average molecular weight is 320 g/mol. The summed E-state index contributed by atoms with van der Waals surface area (Å²) >= 11 is 1.53. The fourth-order valence-electron chi connectivity index (χ4n) is 2.68. The lowest BCUT2D eigenvalue weighted by Crippen LogP contribution is -2.34. The number of aromatic nitrogens is 1. The molecule has 0 aliphatic carbocycles. The molecule has 1 aromatic heterocycles. The summed E-state index contributed by atoms with van der Waals surface area (Å²) in [5, 5.41) is 2.80. The number of rotatable bonds is 4. The highest BCUT2D eigenvalue weighted by atomic mass is 32.2. The minimum Gasteiger partial charge on any atom is -0.357 e. The lowest BCUT2D eigenvalue weighted by molar-refractivity contribution is -0.130. The Balaban J connectivity index is 1.54. The van der Waals surface area contributed by atoms with E-state index in [2.05, 4.69) is 15.2 Å². The van der Waals surface area contributed by atoms with E-state index < -0.39 is 0 Å². The van der Waals surface area contributed by atoms with Gasteiger partial charge in [0.25, 0.3) is 0 Å². The molecule has 0 radical (unpaired) electrons. The maximum atomic E-state index is 11.9. The number of nitrogens with one attached hydrogen (secondary N) is 1. The van der Waals surface area contributed by atoms with Crippen LogP contribution in [0.5, 0.6) is 0 Å². The summed E-state index contributed by atoms with van der Waals surface area (Å²) in [7, 11) is 0. The standard InChI is InChI=1S/C15H20N4O2S/c20-14(9-19-11-22-10-15(19)21)17-12-4-5-13(16-8-12)18-6-2-1-3-7-18/h4-5,8H,1-3,6-7,9-11H2,(H,17,20). The minimum absolute atomic E-state index is 0.0266. The molecule has 2 aliphatic heterocycles. The number of hydrogen-bond acceptors (Lipinski definition) is 5. The Morgan fingerprint density at radius 3 is 2.73 bits per heavy atom. The molecule has 0 atom stereocenters. The van der Waals surface area contributed by atoms with Crippen LogP contribution in [0.2, 0.25) is 0 Å². The van der Waals surface area contributed by atoms with Crippen LogP contribution in [0, 0.1) is 0 Å². The third kappa shape index (κ3) is 3.71. The van der Waals surface area contributed by atoms with Gasteiger partial charge in [-0.15, -0.1) is 11.8 Å². The number of nitrogens with zero attached hydrogens (tertiary/aromatic N) is 3. The topological polar surface area (TPSA) is 65.5 Å². The predicted molar refractivity (Wildman–Crippen MR) is 88.0 cm³/mol. The Hall–Kier alpha value is -1.76. The molecule has 3 rings (SSSR count). The Kier molecular flexibility index (Phi) is 4.82. The Labute approximate surface area is 134 Å². The molecule has 2 saturated heterocycles. The van der Waals surface area contributed by atoms with Crippen LogP contribution in [0.25, 0.3) is 0 Å². The van der Waals surface area contributed by atoms with Crippen LogP contribution < -0.4 is 10.2 Å². The van der Waals surface area contributed by atoms with Crippen molar-refractivity contribution in [2.45, 2.75) is 19.3 Å². The molecule has 1 N–H and O–H groups in total. The largest absolute Gasteiger partial charge is 0.357 e. The summed E-state index contributed by atoms with van der Waals surface area (Å²) < 4.78 is 0. The number of carbonyl (C=O) groups excluding carboxylic acids is 2. The molecule has 118 valence electrons. The van der Waals surface area contributed by atoms with Gasteiger partial charge in [-0.05, 0) is 31.4 Å². The Morgan fingerprint density at radius 1 is 1.27 bits per heavy atom. The van der Waals surface area contributed by atoms with Crippen LogP contribution in [-0.2, 0) is 9.59 Å². The van der Waals surface area contributed by atoms with E-state index in [0.717, 1.165) is 18.9 Å². The van der Waals surface area contributed by atoms with Gasteiger partial charge in [-0.2, -0.15) is 0 Å². The summed E-state index contributed by atoms with van der Waals surface area (Å²) in [5.41, 5.74) is 0.671. The summed E-state index contributed by atoms with van der Waals surface area (Å²) in [6.07, 6.45) is 5.39. The van der Waals surface area contributed by atoms with E-state index >= 15 is 0 Å². The van der Waals surface area contributed by atoms with E-state index in [1.54, 1.807) is 11.1 Å². The maximum absolute atomic E-state index is 11.9. The Morgan fingerprint density at radius 2 is 2.09 bits per heavy atom. The van der Waals surface area contributed by atoms with Crippen LogP contribution in [0.4, 0.5) is 11.5 Å². The van der Waals surface area contributed by atoms with Crippen LogP contribution in [0.3, 0.4) is 0 Å². The number of amides is 2. The van der Waals surface area contributed by atoms with Crippen molar-refractivity contribution in [3.8, 4) is 0 Å². The van der Waals surface area contributed by atoms with E-state index in [1.807, 2.05) is 12.1 Å². The van der Waals surface area contributed by atoms with Gasteiger partial charge < -0.3 is 15.1 Å². The van der Waals surface area contributed by atoms with Crippen molar-refractivity contribution in [2.24, 2.45) is 0 Å². The summed E-state index contributed by atoms with van der Waals surface area (Å²) in [6.45, 7) is 2.21. The van der Waals surface area contributed by atoms with Gasteiger partial charge in [0, 0.05) is 13.1 Å². The smallest absolute Gasteiger partial charge is 0.244 e. The van der Waals surface area contributed by atoms with Gasteiger partial charge in [0.1, 0.15) is 12.4 Å². The molecule has 1 aromatic rings. The number of carbonyl (C=O) groups is 2. The van der Waals surface area contributed by atoms with Crippen LogP contribution in [0.15, 0.2) is 18.3 Å². The molecular formula is C15H20N4O2S. The van der Waals surface area contributed by atoms with E-state index in [4.69, 9.17) is 0 Å². The first-order valence-corrected chi connectivity index (χ1v) is 8.74. The molecule has 2 aliphatic rings. The summed E-state index contributed by atoms with van der Waals surface area (Å²) in [4.78, 5) is 31.7. The van der Waals surface area contributed by atoms with Crippen LogP contribution in [0.1, 0.15) is 19.3 Å². The SMILES string of the molecule is O=C(CN1CSCC1=O)Nc1ccc(N2CCCCC2)nc1. The van der Waals surface area contributed by atoms with Gasteiger partial charge in [0.15, 0.2) is 0 Å². The van der Waals surface area contributed by atoms with Crippen LogP contribution >= 0.6 is 11.8 Å². The molecule has 0 saturated carbocycles. The van der Waals surface area contributed by atoms with Gasteiger partial charge in [0.05, 0.1) is 23.5 Å². The first-order valence-electron chi connectivity index (χ1n) is 7.59. The molecule has 0 aromatic carbocycles. The normalized spacial score (nSPS) is 18.6. The third-order valence-corrected chi connectivity index (χ3v) is 4.82. The first kappa shape index (κ1) is 15.1. The number of anilines is 2. The average Bonchev–Trinajstić information content (AvgIpc) is 2.94. The molecule has 7 heteroatoms. The van der Waals surface area contributed by atoms with Gasteiger partial charge in [0.2, 0.25) is 11.8 Å². The van der Waals surface area contributed by atoms with E-state index in [-0.39, 0.29) is 18.4 Å². The van der Waals surface area contributed by atoms with Crippen molar-refractivity contribution in [1.29, 1.82) is 0 Å². The number of pyridine rings is 1. The van der Waals surface area contributed by atoms with Crippen molar-refractivity contribution < 1.29 is 9.59 Å². The molecule has 3 heterocycles. The highest BCUT2D eigenvalue weighted by Crippen LogP contribution is 2.19. The second kappa shape index (κ2) is 7.00.